The molecule has 0 aromatic heterocycles. The molecule has 0 aliphatic carbocycles. The van der Waals surface area contributed by atoms with E-state index >= 15 is 0 Å². The van der Waals surface area contributed by atoms with Gasteiger partial charge in [0.05, 0.1) is 6.21 Å². The first-order valence-corrected chi connectivity index (χ1v) is 10.2. The molecule has 1 aliphatic heterocycles. The van der Waals surface area contributed by atoms with Crippen molar-refractivity contribution in [2.75, 3.05) is 18.0 Å². The number of nitrogens with zero attached hydrogens (tertiary/aromatic N) is 2. The Bertz CT molecular complexity index is 994. The summed E-state index contributed by atoms with van der Waals surface area (Å²) < 4.78 is 5.92. The maximum Gasteiger partial charge on any atom is 0.271 e. The van der Waals surface area contributed by atoms with E-state index in [0.29, 0.717) is 17.9 Å². The van der Waals surface area contributed by atoms with Crippen LogP contribution in [0.3, 0.4) is 0 Å². The Morgan fingerprint density at radius 2 is 1.63 bits per heavy atom. The first-order chi connectivity index (χ1) is 14.8. The van der Waals surface area contributed by atoms with Crippen molar-refractivity contribution in [2.24, 2.45) is 5.10 Å². The van der Waals surface area contributed by atoms with Crippen molar-refractivity contribution in [1.82, 2.24) is 5.43 Å². The lowest BCUT2D eigenvalue weighted by Gasteiger charge is -2.17. The highest BCUT2D eigenvalue weighted by Gasteiger charge is 2.13. The molecule has 0 spiro atoms. The standard InChI is InChI=1S/C25H25N3O2/c29-25(21-12-14-23(15-13-21)28-16-6-7-17-28)27-26-18-22-10-4-5-11-24(22)30-19-20-8-2-1-3-9-20/h1-5,8-15,18H,6-7,16-17,19H2,(H,27,29)/b26-18-. The number of carbonyl (C=O) groups excluding carboxylic acids is 1. The van der Waals surface area contributed by atoms with E-state index in [1.54, 1.807) is 6.21 Å². The molecule has 1 amide bonds. The summed E-state index contributed by atoms with van der Waals surface area (Å²) in [6.07, 6.45) is 4.07. The monoisotopic (exact) mass is 399 g/mol. The van der Waals surface area contributed by atoms with E-state index in [1.807, 2.05) is 78.9 Å². The van der Waals surface area contributed by atoms with Crippen LogP contribution in [0.2, 0.25) is 0 Å². The second kappa shape index (κ2) is 9.74. The number of hydrogen-bond acceptors (Lipinski definition) is 4. The van der Waals surface area contributed by atoms with Crippen molar-refractivity contribution in [1.29, 1.82) is 0 Å². The van der Waals surface area contributed by atoms with Crippen LogP contribution in [0.15, 0.2) is 84.0 Å². The Labute approximate surface area is 177 Å². The highest BCUT2D eigenvalue weighted by molar-refractivity contribution is 5.95. The SMILES string of the molecule is O=C(N/N=C\c1ccccc1OCc1ccccc1)c1ccc(N2CCCC2)cc1. The second-order valence-electron chi connectivity index (χ2n) is 7.25. The zero-order valence-electron chi connectivity index (χ0n) is 16.8. The number of hydrogen-bond donors (Lipinski definition) is 1. The van der Waals surface area contributed by atoms with Gasteiger partial charge in [0.25, 0.3) is 5.91 Å². The molecule has 1 N–H and O–H groups in total. The van der Waals surface area contributed by atoms with Gasteiger partial charge in [-0.15, -0.1) is 0 Å². The van der Waals surface area contributed by atoms with Gasteiger partial charge in [0, 0.05) is 29.9 Å². The van der Waals surface area contributed by atoms with Crippen LogP contribution >= 0.6 is 0 Å². The summed E-state index contributed by atoms with van der Waals surface area (Å²) in [6, 6.07) is 25.3. The maximum absolute atomic E-state index is 12.4. The Hall–Kier alpha value is -3.60. The lowest BCUT2D eigenvalue weighted by molar-refractivity contribution is 0.0955. The van der Waals surface area contributed by atoms with Gasteiger partial charge in [-0.1, -0.05) is 42.5 Å². The number of rotatable bonds is 7. The van der Waals surface area contributed by atoms with Crippen molar-refractivity contribution in [3.63, 3.8) is 0 Å². The van der Waals surface area contributed by atoms with Crippen LogP contribution in [0.5, 0.6) is 5.75 Å². The van der Waals surface area contributed by atoms with E-state index in [9.17, 15) is 4.79 Å². The van der Waals surface area contributed by atoms with Gasteiger partial charge in [0.15, 0.2) is 0 Å². The summed E-state index contributed by atoms with van der Waals surface area (Å²) in [5, 5.41) is 4.12. The van der Waals surface area contributed by atoms with Gasteiger partial charge in [-0.2, -0.15) is 5.10 Å². The van der Waals surface area contributed by atoms with Crippen molar-refractivity contribution in [2.45, 2.75) is 19.4 Å². The molecule has 1 fully saturated rings. The number of anilines is 1. The van der Waals surface area contributed by atoms with E-state index in [0.717, 1.165) is 29.9 Å². The van der Waals surface area contributed by atoms with E-state index in [4.69, 9.17) is 4.74 Å². The molecule has 1 saturated heterocycles. The summed E-state index contributed by atoms with van der Waals surface area (Å²) >= 11 is 0. The molecule has 3 aromatic carbocycles. The zero-order chi connectivity index (χ0) is 20.6. The van der Waals surface area contributed by atoms with E-state index in [1.165, 1.54) is 12.8 Å². The molecule has 0 bridgehead atoms. The van der Waals surface area contributed by atoms with E-state index < -0.39 is 0 Å². The number of hydrazone groups is 1. The van der Waals surface area contributed by atoms with Crippen molar-refractivity contribution >= 4 is 17.8 Å². The lowest BCUT2D eigenvalue weighted by atomic mass is 10.2. The molecule has 0 unspecified atom stereocenters. The first-order valence-electron chi connectivity index (χ1n) is 10.2. The molecule has 1 aliphatic rings. The molecular formula is C25H25N3O2. The fraction of sp³-hybridized carbons (Fsp3) is 0.200. The largest absolute Gasteiger partial charge is 0.488 e. The zero-order valence-corrected chi connectivity index (χ0v) is 16.8. The molecule has 4 rings (SSSR count). The summed E-state index contributed by atoms with van der Waals surface area (Å²) in [7, 11) is 0. The van der Waals surface area contributed by atoms with Crippen LogP contribution in [0.4, 0.5) is 5.69 Å². The van der Waals surface area contributed by atoms with Crippen molar-refractivity contribution in [3.8, 4) is 5.75 Å². The first kappa shape index (κ1) is 19.7. The average molecular weight is 399 g/mol. The van der Waals surface area contributed by atoms with E-state index in [-0.39, 0.29) is 5.91 Å². The smallest absolute Gasteiger partial charge is 0.271 e. The quantitative estimate of drug-likeness (QED) is 0.466. The number of carbonyl (C=O) groups is 1. The number of para-hydroxylation sites is 1. The lowest BCUT2D eigenvalue weighted by Crippen LogP contribution is -2.19. The fourth-order valence-electron chi connectivity index (χ4n) is 3.48. The molecular weight excluding hydrogens is 374 g/mol. The number of ether oxygens (including phenoxy) is 1. The van der Waals surface area contributed by atoms with Gasteiger partial charge in [-0.3, -0.25) is 4.79 Å². The molecule has 0 atom stereocenters. The molecule has 5 nitrogen and oxygen atoms in total. The van der Waals surface area contributed by atoms with Gasteiger partial charge in [0.2, 0.25) is 0 Å². The van der Waals surface area contributed by atoms with Gasteiger partial charge >= 0.3 is 0 Å². The summed E-state index contributed by atoms with van der Waals surface area (Å²) in [5.41, 5.74) is 6.25. The van der Waals surface area contributed by atoms with Gasteiger partial charge in [-0.05, 0) is 54.8 Å². The molecule has 30 heavy (non-hydrogen) atoms. The molecule has 3 aromatic rings. The highest BCUT2D eigenvalue weighted by Crippen LogP contribution is 2.20. The minimum Gasteiger partial charge on any atom is -0.488 e. The number of benzene rings is 3. The van der Waals surface area contributed by atoms with Crippen molar-refractivity contribution in [3.05, 3.63) is 95.6 Å². The third-order valence-corrected chi connectivity index (χ3v) is 5.13. The summed E-state index contributed by atoms with van der Waals surface area (Å²) in [4.78, 5) is 14.7. The third-order valence-electron chi connectivity index (χ3n) is 5.13. The molecule has 1 heterocycles. The Morgan fingerprint density at radius 1 is 0.933 bits per heavy atom. The third kappa shape index (κ3) is 5.06. The highest BCUT2D eigenvalue weighted by atomic mass is 16.5. The minimum absolute atomic E-state index is 0.234. The number of nitrogens with one attached hydrogen (secondary N) is 1. The molecule has 0 radical (unpaired) electrons. The van der Waals surface area contributed by atoms with Crippen LogP contribution in [0, 0.1) is 0 Å². The van der Waals surface area contributed by atoms with Gasteiger partial charge in [-0.25, -0.2) is 5.43 Å². The van der Waals surface area contributed by atoms with Gasteiger partial charge < -0.3 is 9.64 Å². The van der Waals surface area contributed by atoms with E-state index in [2.05, 4.69) is 15.4 Å². The average Bonchev–Trinajstić information content (AvgIpc) is 3.34. The Balaban J connectivity index is 1.35. The number of amides is 1. The van der Waals surface area contributed by atoms with Crippen LogP contribution in [0.1, 0.15) is 34.3 Å². The predicted molar refractivity (Wildman–Crippen MR) is 120 cm³/mol. The predicted octanol–water partition coefficient (Wildman–Crippen LogP) is 4.63. The molecule has 0 saturated carbocycles. The Morgan fingerprint density at radius 3 is 2.40 bits per heavy atom. The summed E-state index contributed by atoms with van der Waals surface area (Å²) in [6.45, 7) is 2.64. The minimum atomic E-state index is -0.234. The molecule has 5 heteroatoms. The second-order valence-corrected chi connectivity index (χ2v) is 7.25. The summed E-state index contributed by atoms with van der Waals surface area (Å²) in [5.74, 6) is 0.483. The van der Waals surface area contributed by atoms with Gasteiger partial charge in [0.1, 0.15) is 12.4 Å². The Kier molecular flexibility index (Phi) is 6.40. The van der Waals surface area contributed by atoms with Crippen LogP contribution < -0.4 is 15.1 Å². The topological polar surface area (TPSA) is 53.9 Å². The molecule has 152 valence electrons. The maximum atomic E-state index is 12.4. The normalized spacial score (nSPS) is 13.5. The van der Waals surface area contributed by atoms with Crippen LogP contribution in [-0.4, -0.2) is 25.2 Å². The fourth-order valence-corrected chi connectivity index (χ4v) is 3.48. The van der Waals surface area contributed by atoms with Crippen LogP contribution in [-0.2, 0) is 6.61 Å². The van der Waals surface area contributed by atoms with Crippen molar-refractivity contribution < 1.29 is 9.53 Å². The van der Waals surface area contributed by atoms with Crippen LogP contribution in [0.25, 0.3) is 0 Å².